The van der Waals surface area contributed by atoms with Gasteiger partial charge in [0.1, 0.15) is 0 Å². The summed E-state index contributed by atoms with van der Waals surface area (Å²) in [5.74, 6) is 0.106. The molecule has 2 aromatic rings. The van der Waals surface area contributed by atoms with E-state index < -0.39 is 0 Å². The van der Waals surface area contributed by atoms with Crippen LogP contribution < -0.4 is 5.32 Å². The molecule has 0 saturated heterocycles. The highest BCUT2D eigenvalue weighted by atomic mass is 35.5. The Kier molecular flexibility index (Phi) is 5.05. The number of nitrogens with one attached hydrogen (secondary N) is 1. The summed E-state index contributed by atoms with van der Waals surface area (Å²) >= 11 is 11.7. The maximum Gasteiger partial charge on any atom is 0.251 e. The first kappa shape index (κ1) is 14.9. The van der Waals surface area contributed by atoms with E-state index in [2.05, 4.69) is 24.4 Å². The number of hydrogen-bond acceptors (Lipinski definition) is 1. The molecule has 0 heterocycles. The Balaban J connectivity index is 1.97. The van der Waals surface area contributed by atoms with E-state index in [0.717, 1.165) is 0 Å². The van der Waals surface area contributed by atoms with Crippen molar-refractivity contribution in [1.82, 2.24) is 5.32 Å². The third kappa shape index (κ3) is 3.75. The summed E-state index contributed by atoms with van der Waals surface area (Å²) in [4.78, 5) is 12.0. The average Bonchev–Trinajstić information content (AvgIpc) is 2.48. The molecule has 2 rings (SSSR count). The van der Waals surface area contributed by atoms with Crippen LogP contribution in [0.4, 0.5) is 0 Å². The van der Waals surface area contributed by atoms with Crippen molar-refractivity contribution in [2.45, 2.75) is 12.8 Å². The molecule has 0 bridgehead atoms. The largest absolute Gasteiger partial charge is 0.351 e. The Morgan fingerprint density at radius 3 is 2.45 bits per heavy atom. The summed E-state index contributed by atoms with van der Waals surface area (Å²) in [6.45, 7) is 2.65. The van der Waals surface area contributed by atoms with Gasteiger partial charge >= 0.3 is 0 Å². The van der Waals surface area contributed by atoms with Crippen molar-refractivity contribution >= 4 is 29.1 Å². The molecule has 2 nitrogen and oxygen atoms in total. The zero-order valence-corrected chi connectivity index (χ0v) is 12.6. The molecule has 0 aromatic heterocycles. The summed E-state index contributed by atoms with van der Waals surface area (Å²) in [7, 11) is 0. The van der Waals surface area contributed by atoms with E-state index >= 15 is 0 Å². The van der Waals surface area contributed by atoms with Crippen LogP contribution in [0.3, 0.4) is 0 Å². The molecule has 1 N–H and O–H groups in total. The van der Waals surface area contributed by atoms with Gasteiger partial charge in [0.15, 0.2) is 0 Å². The first-order valence-corrected chi connectivity index (χ1v) is 7.11. The van der Waals surface area contributed by atoms with E-state index in [1.165, 1.54) is 5.56 Å². The second-order valence-corrected chi connectivity index (χ2v) is 5.47. The van der Waals surface area contributed by atoms with Gasteiger partial charge in [0.25, 0.3) is 5.91 Å². The van der Waals surface area contributed by atoms with E-state index in [1.807, 2.05) is 18.2 Å². The number of carbonyl (C=O) groups is 1. The van der Waals surface area contributed by atoms with Crippen molar-refractivity contribution in [3.05, 3.63) is 69.7 Å². The molecule has 0 radical (unpaired) electrons. The summed E-state index contributed by atoms with van der Waals surface area (Å²) < 4.78 is 0. The standard InChI is InChI=1S/C16H15Cl2NO/c1-11(12-5-3-2-4-6-12)10-19-16(20)13-7-8-14(17)15(18)9-13/h2-9,11H,10H2,1H3,(H,19,20)/t11-/m1/s1. The van der Waals surface area contributed by atoms with Gasteiger partial charge in [-0.15, -0.1) is 0 Å². The monoisotopic (exact) mass is 307 g/mol. The molecule has 0 aliphatic rings. The molecule has 1 amide bonds. The van der Waals surface area contributed by atoms with Crippen molar-refractivity contribution in [1.29, 1.82) is 0 Å². The average molecular weight is 308 g/mol. The molecule has 0 fully saturated rings. The zero-order valence-electron chi connectivity index (χ0n) is 11.1. The van der Waals surface area contributed by atoms with Crippen molar-refractivity contribution in [2.75, 3.05) is 6.54 Å². The number of benzene rings is 2. The number of amides is 1. The first-order valence-electron chi connectivity index (χ1n) is 6.36. The lowest BCUT2D eigenvalue weighted by Crippen LogP contribution is -2.27. The van der Waals surface area contributed by atoms with E-state index in [4.69, 9.17) is 23.2 Å². The van der Waals surface area contributed by atoms with Crippen LogP contribution in [-0.4, -0.2) is 12.5 Å². The maximum absolute atomic E-state index is 12.0. The minimum absolute atomic E-state index is 0.147. The maximum atomic E-state index is 12.0. The second-order valence-electron chi connectivity index (χ2n) is 4.65. The first-order chi connectivity index (χ1) is 9.58. The smallest absolute Gasteiger partial charge is 0.251 e. The Hall–Kier alpha value is -1.51. The van der Waals surface area contributed by atoms with Gasteiger partial charge in [-0.25, -0.2) is 0 Å². The summed E-state index contributed by atoms with van der Waals surface area (Å²) in [5, 5.41) is 3.73. The second kappa shape index (κ2) is 6.78. The van der Waals surface area contributed by atoms with Gasteiger partial charge < -0.3 is 5.32 Å². The van der Waals surface area contributed by atoms with E-state index in [1.54, 1.807) is 18.2 Å². The van der Waals surface area contributed by atoms with Crippen molar-refractivity contribution in [2.24, 2.45) is 0 Å². The topological polar surface area (TPSA) is 29.1 Å². The van der Waals surface area contributed by atoms with Gasteiger partial charge in [0.2, 0.25) is 0 Å². The minimum atomic E-state index is -0.147. The molecular weight excluding hydrogens is 293 g/mol. The van der Waals surface area contributed by atoms with Crippen molar-refractivity contribution in [3.8, 4) is 0 Å². The van der Waals surface area contributed by atoms with Crippen LogP contribution in [0.2, 0.25) is 10.0 Å². The molecule has 0 saturated carbocycles. The SMILES string of the molecule is C[C@H](CNC(=O)c1ccc(Cl)c(Cl)c1)c1ccccc1. The fraction of sp³-hybridized carbons (Fsp3) is 0.188. The number of hydrogen-bond donors (Lipinski definition) is 1. The lowest BCUT2D eigenvalue weighted by molar-refractivity contribution is 0.0951. The fourth-order valence-electron chi connectivity index (χ4n) is 1.88. The third-order valence-electron chi connectivity index (χ3n) is 3.12. The number of rotatable bonds is 4. The molecule has 0 spiro atoms. The van der Waals surface area contributed by atoms with Crippen LogP contribution in [0.15, 0.2) is 48.5 Å². The number of halogens is 2. The van der Waals surface area contributed by atoms with E-state index in [-0.39, 0.29) is 11.8 Å². The summed E-state index contributed by atoms with van der Waals surface area (Å²) in [5.41, 5.74) is 1.71. The molecule has 0 unspecified atom stereocenters. The highest BCUT2D eigenvalue weighted by Crippen LogP contribution is 2.22. The minimum Gasteiger partial charge on any atom is -0.351 e. The Bertz CT molecular complexity index is 599. The van der Waals surface area contributed by atoms with Crippen LogP contribution in [0.1, 0.15) is 28.8 Å². The van der Waals surface area contributed by atoms with Crippen molar-refractivity contribution in [3.63, 3.8) is 0 Å². The lowest BCUT2D eigenvalue weighted by Gasteiger charge is -2.13. The summed E-state index contributed by atoms with van der Waals surface area (Å²) in [6, 6.07) is 14.9. The van der Waals surface area contributed by atoms with Crippen LogP contribution in [0.25, 0.3) is 0 Å². The summed E-state index contributed by atoms with van der Waals surface area (Å²) in [6.07, 6.45) is 0. The molecule has 0 aliphatic heterocycles. The molecule has 4 heteroatoms. The quantitative estimate of drug-likeness (QED) is 0.883. The Morgan fingerprint density at radius 1 is 1.10 bits per heavy atom. The Morgan fingerprint density at radius 2 is 1.80 bits per heavy atom. The van der Waals surface area contributed by atoms with Gasteiger partial charge in [0.05, 0.1) is 10.0 Å². The molecule has 1 atom stereocenters. The van der Waals surface area contributed by atoms with Gasteiger partial charge in [-0.05, 0) is 29.7 Å². The van der Waals surface area contributed by atoms with E-state index in [9.17, 15) is 4.79 Å². The number of carbonyl (C=O) groups excluding carboxylic acids is 1. The molecule has 104 valence electrons. The van der Waals surface area contributed by atoms with E-state index in [0.29, 0.717) is 22.2 Å². The van der Waals surface area contributed by atoms with Crippen LogP contribution >= 0.6 is 23.2 Å². The van der Waals surface area contributed by atoms with Crippen molar-refractivity contribution < 1.29 is 4.79 Å². The van der Waals surface area contributed by atoms with Gasteiger partial charge in [-0.3, -0.25) is 4.79 Å². The molecule has 0 aliphatic carbocycles. The normalized spacial score (nSPS) is 11.9. The van der Waals surface area contributed by atoms with Gasteiger partial charge in [0, 0.05) is 12.1 Å². The zero-order chi connectivity index (χ0) is 14.5. The highest BCUT2D eigenvalue weighted by molar-refractivity contribution is 6.42. The van der Waals surface area contributed by atoms with Crippen LogP contribution in [0, 0.1) is 0 Å². The molecule has 20 heavy (non-hydrogen) atoms. The fourth-order valence-corrected chi connectivity index (χ4v) is 2.18. The van der Waals surface area contributed by atoms with Gasteiger partial charge in [-0.2, -0.15) is 0 Å². The molecular formula is C16H15Cl2NO. The third-order valence-corrected chi connectivity index (χ3v) is 3.86. The predicted molar refractivity (Wildman–Crippen MR) is 83.7 cm³/mol. The molecule has 2 aromatic carbocycles. The van der Waals surface area contributed by atoms with Crippen LogP contribution in [-0.2, 0) is 0 Å². The predicted octanol–water partition coefficient (Wildman–Crippen LogP) is 4.53. The lowest BCUT2D eigenvalue weighted by atomic mass is 10.0. The van der Waals surface area contributed by atoms with Gasteiger partial charge in [-0.1, -0.05) is 60.5 Å². The Labute approximate surface area is 128 Å². The highest BCUT2D eigenvalue weighted by Gasteiger charge is 2.10. The van der Waals surface area contributed by atoms with Crippen LogP contribution in [0.5, 0.6) is 0 Å².